The molecular formula is C28H34F3NO7S. The highest BCUT2D eigenvalue weighted by atomic mass is 32.2. The molecule has 0 bridgehead atoms. The molecule has 0 aromatic heterocycles. The Bertz CT molecular complexity index is 1380. The summed E-state index contributed by atoms with van der Waals surface area (Å²) < 4.78 is 78.6. The Hall–Kier alpha value is -3.28. The number of alkyl halides is 3. The molecule has 1 aliphatic rings. The molecule has 12 heteroatoms. The third kappa shape index (κ3) is 8.12. The van der Waals surface area contributed by atoms with Crippen LogP contribution in [0.3, 0.4) is 0 Å². The molecule has 1 atom stereocenters. The lowest BCUT2D eigenvalue weighted by Crippen LogP contribution is -2.36. The molecule has 0 heterocycles. The second-order valence-corrected chi connectivity index (χ2v) is 12.3. The molecule has 1 N–H and O–H groups in total. The van der Waals surface area contributed by atoms with E-state index in [1.54, 1.807) is 59.7 Å². The van der Waals surface area contributed by atoms with Crippen LogP contribution in [0.25, 0.3) is 11.1 Å². The Morgan fingerprint density at radius 3 is 2.25 bits per heavy atom. The molecule has 1 aliphatic carbocycles. The number of hydrogen-bond acceptors (Lipinski definition) is 7. The molecule has 8 nitrogen and oxygen atoms in total. The molecule has 1 saturated carbocycles. The van der Waals surface area contributed by atoms with Crippen molar-refractivity contribution in [2.45, 2.75) is 83.9 Å². The molecule has 0 saturated heterocycles. The maximum atomic E-state index is 13.2. The third-order valence-electron chi connectivity index (χ3n) is 6.01. The second kappa shape index (κ2) is 11.7. The van der Waals surface area contributed by atoms with Gasteiger partial charge in [-0.25, -0.2) is 4.79 Å². The zero-order valence-corrected chi connectivity index (χ0v) is 24.1. The van der Waals surface area contributed by atoms with Crippen LogP contribution in [0.2, 0.25) is 0 Å². The maximum Gasteiger partial charge on any atom is 0.534 e. The average molecular weight is 586 g/mol. The van der Waals surface area contributed by atoms with Gasteiger partial charge in [0.1, 0.15) is 5.60 Å². The number of nitrogens with one attached hydrogen (secondary N) is 1. The fourth-order valence-corrected chi connectivity index (χ4v) is 4.76. The SMILES string of the molecule is CCOC(=O)C[C@H](NC(=O)OC(C)(C)C)c1cc(-c2c(C)cc(C)cc2OS(=O)(=O)C(F)(F)F)cc(C2CC2)c1. The van der Waals surface area contributed by atoms with Gasteiger partial charge in [0.15, 0.2) is 5.75 Å². The smallest absolute Gasteiger partial charge is 0.466 e. The molecule has 2 aromatic rings. The van der Waals surface area contributed by atoms with Crippen LogP contribution in [0.4, 0.5) is 18.0 Å². The lowest BCUT2D eigenvalue weighted by molar-refractivity contribution is -0.143. The fraction of sp³-hybridized carbons (Fsp3) is 0.500. The minimum atomic E-state index is -5.95. The highest BCUT2D eigenvalue weighted by Gasteiger charge is 2.49. The fourth-order valence-electron chi connectivity index (χ4n) is 4.29. The summed E-state index contributed by atoms with van der Waals surface area (Å²) in [6, 6.07) is 7.20. The zero-order valence-electron chi connectivity index (χ0n) is 23.3. The lowest BCUT2D eigenvalue weighted by atomic mass is 9.91. The number of amides is 1. The summed E-state index contributed by atoms with van der Waals surface area (Å²) in [5.41, 5.74) is -3.62. The van der Waals surface area contributed by atoms with E-state index in [0.717, 1.165) is 18.4 Å². The first-order valence-corrected chi connectivity index (χ1v) is 14.2. The summed E-state index contributed by atoms with van der Waals surface area (Å²) in [6.07, 6.45) is 0.749. The van der Waals surface area contributed by atoms with E-state index in [2.05, 4.69) is 9.50 Å². The number of halogens is 3. The van der Waals surface area contributed by atoms with E-state index < -0.39 is 45.1 Å². The summed E-state index contributed by atoms with van der Waals surface area (Å²) in [5, 5.41) is 2.70. The topological polar surface area (TPSA) is 108 Å². The Kier molecular flexibility index (Phi) is 9.12. The van der Waals surface area contributed by atoms with E-state index in [1.165, 1.54) is 6.07 Å². The number of rotatable bonds is 9. The van der Waals surface area contributed by atoms with Crippen molar-refractivity contribution >= 4 is 22.2 Å². The van der Waals surface area contributed by atoms with Gasteiger partial charge in [-0.3, -0.25) is 4.79 Å². The Morgan fingerprint density at radius 1 is 1.05 bits per heavy atom. The van der Waals surface area contributed by atoms with Gasteiger partial charge >= 0.3 is 27.7 Å². The number of hydrogen-bond donors (Lipinski definition) is 1. The van der Waals surface area contributed by atoms with E-state index in [1.807, 2.05) is 6.07 Å². The quantitative estimate of drug-likeness (QED) is 0.201. The highest BCUT2D eigenvalue weighted by Crippen LogP contribution is 2.45. The predicted octanol–water partition coefficient (Wildman–Crippen LogP) is 6.60. The molecule has 1 fully saturated rings. The van der Waals surface area contributed by atoms with Crippen LogP contribution in [0, 0.1) is 13.8 Å². The summed E-state index contributed by atoms with van der Waals surface area (Å²) >= 11 is 0. The largest absolute Gasteiger partial charge is 0.534 e. The Balaban J connectivity index is 2.17. The third-order valence-corrected chi connectivity index (χ3v) is 6.98. The van der Waals surface area contributed by atoms with Crippen LogP contribution in [0.1, 0.15) is 81.2 Å². The van der Waals surface area contributed by atoms with Crippen molar-refractivity contribution < 1.29 is 44.8 Å². The van der Waals surface area contributed by atoms with Gasteiger partial charge < -0.3 is 19.0 Å². The van der Waals surface area contributed by atoms with E-state index in [9.17, 15) is 31.2 Å². The van der Waals surface area contributed by atoms with Gasteiger partial charge in [0.25, 0.3) is 0 Å². The van der Waals surface area contributed by atoms with Gasteiger partial charge in [-0.1, -0.05) is 18.2 Å². The second-order valence-electron chi connectivity index (χ2n) is 10.8. The number of carbonyl (C=O) groups is 2. The van der Waals surface area contributed by atoms with Crippen LogP contribution < -0.4 is 9.50 Å². The molecular weight excluding hydrogens is 551 g/mol. The number of benzene rings is 2. The summed E-state index contributed by atoms with van der Waals surface area (Å²) in [5.74, 6) is -0.887. The van der Waals surface area contributed by atoms with Crippen LogP contribution in [0.5, 0.6) is 5.75 Å². The molecule has 0 aliphatic heterocycles. The van der Waals surface area contributed by atoms with Gasteiger partial charge in [-0.2, -0.15) is 21.6 Å². The minimum absolute atomic E-state index is 0.127. The lowest BCUT2D eigenvalue weighted by Gasteiger charge is -2.25. The van der Waals surface area contributed by atoms with Gasteiger partial charge in [-0.05, 0) is 100 Å². The summed E-state index contributed by atoms with van der Waals surface area (Å²) in [6.45, 7) is 10.1. The number of esters is 1. The number of aryl methyl sites for hydroxylation is 2. The number of ether oxygens (including phenoxy) is 2. The van der Waals surface area contributed by atoms with Crippen LogP contribution in [-0.4, -0.2) is 38.2 Å². The van der Waals surface area contributed by atoms with Crippen LogP contribution in [0.15, 0.2) is 30.3 Å². The van der Waals surface area contributed by atoms with Gasteiger partial charge in [0.2, 0.25) is 0 Å². The molecule has 2 aromatic carbocycles. The van der Waals surface area contributed by atoms with Crippen molar-refractivity contribution in [2.75, 3.05) is 6.61 Å². The first kappa shape index (κ1) is 31.3. The first-order valence-electron chi connectivity index (χ1n) is 12.8. The van der Waals surface area contributed by atoms with E-state index in [0.29, 0.717) is 22.3 Å². The number of carbonyl (C=O) groups excluding carboxylic acids is 2. The minimum Gasteiger partial charge on any atom is -0.466 e. The molecule has 220 valence electrons. The van der Waals surface area contributed by atoms with Crippen molar-refractivity contribution in [3.05, 3.63) is 52.6 Å². The zero-order chi connectivity index (χ0) is 30.0. The van der Waals surface area contributed by atoms with Crippen molar-refractivity contribution in [1.29, 1.82) is 0 Å². The molecule has 1 amide bonds. The Labute approximate surface area is 232 Å². The van der Waals surface area contributed by atoms with Gasteiger partial charge in [0.05, 0.1) is 19.1 Å². The van der Waals surface area contributed by atoms with E-state index >= 15 is 0 Å². The molecule has 0 radical (unpaired) electrons. The van der Waals surface area contributed by atoms with E-state index in [-0.39, 0.29) is 24.5 Å². The van der Waals surface area contributed by atoms with Crippen molar-refractivity contribution in [3.8, 4) is 16.9 Å². The monoisotopic (exact) mass is 585 g/mol. The molecule has 40 heavy (non-hydrogen) atoms. The van der Waals surface area contributed by atoms with Crippen LogP contribution in [-0.2, 0) is 24.4 Å². The van der Waals surface area contributed by atoms with Gasteiger partial charge in [-0.15, -0.1) is 0 Å². The van der Waals surface area contributed by atoms with Crippen molar-refractivity contribution in [1.82, 2.24) is 5.32 Å². The normalized spacial score (nSPS) is 14.8. The molecule has 3 rings (SSSR count). The van der Waals surface area contributed by atoms with Crippen molar-refractivity contribution in [3.63, 3.8) is 0 Å². The average Bonchev–Trinajstić information content (AvgIpc) is 3.61. The van der Waals surface area contributed by atoms with Crippen LogP contribution >= 0.6 is 0 Å². The predicted molar refractivity (Wildman–Crippen MR) is 142 cm³/mol. The highest BCUT2D eigenvalue weighted by molar-refractivity contribution is 7.88. The standard InChI is InChI=1S/C28H34F3NO7S/c1-7-37-24(33)15-22(32-26(34)38-27(4,5)6)20-12-19(18-8-9-18)13-21(14-20)25-17(3)10-16(2)11-23(25)39-40(35,36)28(29,30)31/h10-14,18,22H,7-9,15H2,1-6H3,(H,32,34)/t22-/m0/s1. The first-order chi connectivity index (χ1) is 18.4. The molecule has 0 unspecified atom stereocenters. The maximum absolute atomic E-state index is 13.2. The van der Waals surface area contributed by atoms with E-state index in [4.69, 9.17) is 9.47 Å². The Morgan fingerprint density at radius 2 is 1.70 bits per heavy atom. The molecule has 0 spiro atoms. The van der Waals surface area contributed by atoms with Crippen molar-refractivity contribution in [2.24, 2.45) is 0 Å². The number of alkyl carbamates (subject to hydrolysis) is 1. The summed E-state index contributed by atoms with van der Waals surface area (Å²) in [4.78, 5) is 25.2. The van der Waals surface area contributed by atoms with Gasteiger partial charge in [0, 0.05) is 5.56 Å². The summed E-state index contributed by atoms with van der Waals surface area (Å²) in [7, 11) is -5.95.